The van der Waals surface area contributed by atoms with E-state index in [0.29, 0.717) is 13.0 Å². The average molecular weight is 737 g/mol. The third-order valence-corrected chi connectivity index (χ3v) is 9.20. The molecule has 4 N–H and O–H groups in total. The molecule has 0 amide bonds. The molecule has 1 rings (SSSR count). The van der Waals surface area contributed by atoms with E-state index in [1.54, 1.807) is 0 Å². The first-order valence-corrected chi connectivity index (χ1v) is 20.7. The Morgan fingerprint density at radius 3 is 1.73 bits per heavy atom. The van der Waals surface area contributed by atoms with Crippen LogP contribution in [-0.2, 0) is 23.7 Å². The summed E-state index contributed by atoms with van der Waals surface area (Å²) >= 11 is 0. The van der Waals surface area contributed by atoms with Gasteiger partial charge in [0.05, 0.1) is 19.8 Å². The van der Waals surface area contributed by atoms with E-state index < -0.39 is 43.4 Å². The van der Waals surface area contributed by atoms with E-state index >= 15 is 0 Å². The second-order valence-corrected chi connectivity index (χ2v) is 14.1. The van der Waals surface area contributed by atoms with Crippen molar-refractivity contribution in [1.82, 2.24) is 0 Å². The van der Waals surface area contributed by atoms with Gasteiger partial charge in [0.25, 0.3) is 0 Å². The van der Waals surface area contributed by atoms with E-state index in [2.05, 4.69) is 62.5 Å². The molecule has 6 atom stereocenters. The van der Waals surface area contributed by atoms with E-state index in [1.165, 1.54) is 51.4 Å². The van der Waals surface area contributed by atoms with Gasteiger partial charge in [-0.25, -0.2) is 0 Å². The number of aliphatic hydroxyl groups excluding tert-OH is 4. The largest absolute Gasteiger partial charge is 0.457 e. The molecule has 0 aromatic rings. The molecule has 6 unspecified atom stereocenters. The van der Waals surface area contributed by atoms with Gasteiger partial charge >= 0.3 is 5.97 Å². The maximum absolute atomic E-state index is 12.7. The van der Waals surface area contributed by atoms with Crippen molar-refractivity contribution in [2.24, 2.45) is 0 Å². The van der Waals surface area contributed by atoms with Crippen LogP contribution in [0.15, 0.2) is 48.6 Å². The molecule has 9 nitrogen and oxygen atoms in total. The minimum atomic E-state index is -1.54. The fourth-order valence-corrected chi connectivity index (χ4v) is 5.91. The predicted octanol–water partition coefficient (Wildman–Crippen LogP) is 8.58. The van der Waals surface area contributed by atoms with Crippen molar-refractivity contribution in [3.8, 4) is 0 Å². The van der Waals surface area contributed by atoms with Gasteiger partial charge in [0.2, 0.25) is 0 Å². The van der Waals surface area contributed by atoms with Crippen molar-refractivity contribution in [2.75, 3.05) is 26.4 Å². The van der Waals surface area contributed by atoms with Crippen molar-refractivity contribution in [3.63, 3.8) is 0 Å². The van der Waals surface area contributed by atoms with Crippen LogP contribution in [0.2, 0.25) is 0 Å². The lowest BCUT2D eigenvalue weighted by molar-refractivity contribution is -0.305. The first kappa shape index (κ1) is 48.2. The van der Waals surface area contributed by atoms with Crippen molar-refractivity contribution >= 4 is 5.97 Å². The van der Waals surface area contributed by atoms with Crippen molar-refractivity contribution < 1.29 is 44.2 Å². The molecule has 0 aromatic heterocycles. The monoisotopic (exact) mass is 737 g/mol. The Labute approximate surface area is 316 Å². The highest BCUT2D eigenvalue weighted by atomic mass is 16.7. The molecule has 0 spiro atoms. The van der Waals surface area contributed by atoms with Crippen molar-refractivity contribution in [3.05, 3.63) is 48.6 Å². The molecule has 1 fully saturated rings. The number of hydrogen-bond acceptors (Lipinski definition) is 9. The summed E-state index contributed by atoms with van der Waals surface area (Å²) < 4.78 is 22.7. The number of ether oxygens (including phenoxy) is 4. The van der Waals surface area contributed by atoms with Crippen LogP contribution >= 0.6 is 0 Å². The summed E-state index contributed by atoms with van der Waals surface area (Å²) in [5.41, 5.74) is 0. The first-order chi connectivity index (χ1) is 25.4. The molecular formula is C43H76O9. The van der Waals surface area contributed by atoms with Gasteiger partial charge in [0.15, 0.2) is 6.29 Å². The lowest BCUT2D eigenvalue weighted by atomic mass is 9.99. The van der Waals surface area contributed by atoms with E-state index in [-0.39, 0.29) is 19.2 Å². The molecule has 302 valence electrons. The molecule has 0 aliphatic carbocycles. The summed E-state index contributed by atoms with van der Waals surface area (Å²) in [7, 11) is 0. The summed E-state index contributed by atoms with van der Waals surface area (Å²) in [5, 5.41) is 40.0. The van der Waals surface area contributed by atoms with Gasteiger partial charge in [0.1, 0.15) is 30.5 Å². The number of carbonyl (C=O) groups is 1. The first-order valence-electron chi connectivity index (χ1n) is 20.7. The zero-order valence-electron chi connectivity index (χ0n) is 32.8. The van der Waals surface area contributed by atoms with Crippen molar-refractivity contribution in [2.45, 2.75) is 192 Å². The SMILES string of the molecule is CCC/C=C\C/C=C\CCCCCCCCOCC(COC1OC(CO)C(O)C(O)C1O)OC(=O)CCCCCCC/C=C\C/C=C\CCCCC. The lowest BCUT2D eigenvalue weighted by Crippen LogP contribution is -2.59. The molecule has 0 bridgehead atoms. The fraction of sp³-hybridized carbons (Fsp3) is 0.791. The standard InChI is InChI=1S/C43H76O9/c1-3-5-7-9-11-13-15-17-19-20-22-24-26-28-30-32-39(45)51-37(36-50-43-42(48)41(47)40(46)38(34-44)52-43)35-49-33-31-29-27-25-23-21-18-16-14-12-10-8-6-4-2/h8,10-11,13-14,16-17,19,37-38,40-44,46-48H,3-7,9,12,15,18,20-36H2,1-2H3/b10-8-,13-11-,16-14-,19-17-. The molecule has 0 aromatic carbocycles. The normalized spacial score (nSPS) is 21.7. The second-order valence-electron chi connectivity index (χ2n) is 14.1. The summed E-state index contributed by atoms with van der Waals surface area (Å²) in [4.78, 5) is 12.7. The van der Waals surface area contributed by atoms with Crippen LogP contribution in [0.1, 0.15) is 155 Å². The fourth-order valence-electron chi connectivity index (χ4n) is 5.91. The zero-order chi connectivity index (χ0) is 37.9. The second kappa shape index (κ2) is 34.9. The van der Waals surface area contributed by atoms with Gasteiger partial charge in [-0.2, -0.15) is 0 Å². The smallest absolute Gasteiger partial charge is 0.306 e. The maximum Gasteiger partial charge on any atom is 0.306 e. The number of carbonyl (C=O) groups excluding carboxylic acids is 1. The Morgan fingerprint density at radius 1 is 0.615 bits per heavy atom. The summed E-state index contributed by atoms with van der Waals surface area (Å²) in [5.74, 6) is -0.334. The van der Waals surface area contributed by atoms with Gasteiger partial charge in [-0.3, -0.25) is 4.79 Å². The van der Waals surface area contributed by atoms with Crippen LogP contribution in [0.3, 0.4) is 0 Å². The third-order valence-electron chi connectivity index (χ3n) is 9.20. The van der Waals surface area contributed by atoms with Crippen molar-refractivity contribution in [1.29, 1.82) is 0 Å². The number of aliphatic hydroxyl groups is 4. The van der Waals surface area contributed by atoms with E-state index in [1.807, 2.05) is 0 Å². The molecular weight excluding hydrogens is 660 g/mol. The summed E-state index contributed by atoms with van der Waals surface area (Å²) in [6.07, 6.45) is 34.1. The lowest BCUT2D eigenvalue weighted by Gasteiger charge is -2.39. The van der Waals surface area contributed by atoms with E-state index in [4.69, 9.17) is 18.9 Å². The Bertz CT molecular complexity index is 932. The van der Waals surface area contributed by atoms with Crippen LogP contribution < -0.4 is 0 Å². The Hall–Kier alpha value is -1.85. The molecule has 1 aliphatic heterocycles. The number of esters is 1. The maximum atomic E-state index is 12.7. The molecule has 0 radical (unpaired) electrons. The van der Waals surface area contributed by atoms with Gasteiger partial charge in [-0.15, -0.1) is 0 Å². The molecule has 0 saturated carbocycles. The minimum absolute atomic E-state index is 0.125. The summed E-state index contributed by atoms with van der Waals surface area (Å²) in [6.45, 7) is 4.41. The van der Waals surface area contributed by atoms with Gasteiger partial charge in [-0.05, 0) is 70.6 Å². The topological polar surface area (TPSA) is 135 Å². The van der Waals surface area contributed by atoms with E-state index in [9.17, 15) is 25.2 Å². The highest BCUT2D eigenvalue weighted by Crippen LogP contribution is 2.22. The van der Waals surface area contributed by atoms with Crippen LogP contribution in [0.5, 0.6) is 0 Å². The number of unbranched alkanes of at least 4 members (excludes halogenated alkanes) is 15. The quantitative estimate of drug-likeness (QED) is 0.0291. The predicted molar refractivity (Wildman–Crippen MR) is 210 cm³/mol. The third kappa shape index (κ3) is 26.0. The van der Waals surface area contributed by atoms with Gasteiger partial charge < -0.3 is 39.4 Å². The molecule has 1 aliphatic rings. The highest BCUT2D eigenvalue weighted by molar-refractivity contribution is 5.69. The minimum Gasteiger partial charge on any atom is -0.457 e. The molecule has 52 heavy (non-hydrogen) atoms. The van der Waals surface area contributed by atoms with Crippen LogP contribution in [-0.4, -0.2) is 89.6 Å². The number of allylic oxidation sites excluding steroid dienone is 8. The van der Waals surface area contributed by atoms with Crippen LogP contribution in [0.25, 0.3) is 0 Å². The molecule has 9 heteroatoms. The summed E-state index contributed by atoms with van der Waals surface area (Å²) in [6, 6.07) is 0. The Kier molecular flexibility index (Phi) is 32.3. The zero-order valence-corrected chi connectivity index (χ0v) is 32.8. The highest BCUT2D eigenvalue weighted by Gasteiger charge is 2.44. The van der Waals surface area contributed by atoms with E-state index in [0.717, 1.165) is 83.5 Å². The Balaban J connectivity index is 2.33. The molecule has 1 saturated heterocycles. The van der Waals surface area contributed by atoms with Gasteiger partial charge in [-0.1, -0.05) is 127 Å². The Morgan fingerprint density at radius 2 is 1.15 bits per heavy atom. The van der Waals surface area contributed by atoms with Crippen LogP contribution in [0.4, 0.5) is 0 Å². The number of rotatable bonds is 34. The average Bonchev–Trinajstić information content (AvgIpc) is 3.14. The van der Waals surface area contributed by atoms with Gasteiger partial charge in [0, 0.05) is 13.0 Å². The number of hydrogen-bond donors (Lipinski definition) is 4. The molecule has 1 heterocycles. The van der Waals surface area contributed by atoms with Crippen LogP contribution in [0, 0.1) is 0 Å².